The summed E-state index contributed by atoms with van der Waals surface area (Å²) in [7, 11) is -7.41. The van der Waals surface area contributed by atoms with E-state index in [2.05, 4.69) is 0 Å². The summed E-state index contributed by atoms with van der Waals surface area (Å²) in [5.41, 5.74) is -0.825. The topological polar surface area (TPSA) is 91.8 Å². The molecule has 0 unspecified atom stereocenters. The predicted octanol–water partition coefficient (Wildman–Crippen LogP) is 2.06. The van der Waals surface area contributed by atoms with Crippen LogP contribution in [-0.2, 0) is 24.8 Å². The number of carbonyl (C=O) groups is 1. The van der Waals surface area contributed by atoms with Gasteiger partial charge in [-0.05, 0) is 56.4 Å². The number of anilines is 1. The number of rotatable bonds is 3. The van der Waals surface area contributed by atoms with E-state index < -0.39 is 31.4 Å². The monoisotopic (exact) mass is 414 g/mol. The van der Waals surface area contributed by atoms with Crippen molar-refractivity contribution in [3.8, 4) is 0 Å². The van der Waals surface area contributed by atoms with Gasteiger partial charge in [-0.25, -0.2) is 21.1 Å². The zero-order chi connectivity index (χ0) is 20.2. The van der Waals surface area contributed by atoms with E-state index in [0.717, 1.165) is 10.7 Å². The second-order valence-electron chi connectivity index (χ2n) is 8.47. The molecule has 2 fully saturated rings. The van der Waals surface area contributed by atoms with E-state index in [1.807, 2.05) is 13.8 Å². The number of piperidine rings is 1. The Hall–Kier alpha value is -1.45. The highest BCUT2D eigenvalue weighted by Crippen LogP contribution is 2.36. The molecule has 0 aromatic heterocycles. The number of sulfonamides is 2. The molecule has 2 atom stereocenters. The standard InChI is InChI=1S/C18H26N2O5S2/c1-13-9-14(2)11-19(10-13)27(24,25)16-7-5-15(6-8-16)20-17(21)18(3,4)12-26(20,22)23/h5-8,13-14H,9-12H2,1-4H3/t13-,14+. The average molecular weight is 415 g/mol. The molecule has 0 bridgehead atoms. The van der Waals surface area contributed by atoms with E-state index in [1.54, 1.807) is 13.8 Å². The Bertz CT molecular complexity index is 942. The molecule has 3 rings (SSSR count). The van der Waals surface area contributed by atoms with E-state index in [1.165, 1.54) is 28.6 Å². The van der Waals surface area contributed by atoms with Crippen LogP contribution in [0.1, 0.15) is 34.1 Å². The molecule has 1 amide bonds. The van der Waals surface area contributed by atoms with Gasteiger partial charge in [0, 0.05) is 13.1 Å². The minimum atomic E-state index is -3.76. The molecule has 0 radical (unpaired) electrons. The number of hydrogen-bond acceptors (Lipinski definition) is 5. The second kappa shape index (κ2) is 6.56. The smallest absolute Gasteiger partial charge is 0.247 e. The third-order valence-corrected chi connectivity index (χ3v) is 8.99. The molecule has 2 aliphatic rings. The van der Waals surface area contributed by atoms with Crippen LogP contribution in [0.15, 0.2) is 29.2 Å². The highest BCUT2D eigenvalue weighted by Gasteiger charge is 2.50. The van der Waals surface area contributed by atoms with Crippen molar-refractivity contribution in [2.45, 2.75) is 39.0 Å². The average Bonchev–Trinajstić information content (AvgIpc) is 2.69. The molecule has 1 aromatic rings. The first-order valence-corrected chi connectivity index (χ1v) is 12.1. The van der Waals surface area contributed by atoms with E-state index in [9.17, 15) is 21.6 Å². The molecular formula is C18H26N2O5S2. The maximum atomic E-state index is 12.9. The molecule has 7 nitrogen and oxygen atoms in total. The predicted molar refractivity (Wildman–Crippen MR) is 103 cm³/mol. The SMILES string of the molecule is C[C@@H]1C[C@H](C)CN(S(=O)(=O)c2ccc(N3C(=O)C(C)(C)CS3(=O)=O)cc2)C1. The first-order chi connectivity index (χ1) is 12.3. The van der Waals surface area contributed by atoms with Gasteiger partial charge in [0.05, 0.1) is 21.8 Å². The van der Waals surface area contributed by atoms with Crippen LogP contribution in [0.2, 0.25) is 0 Å². The summed E-state index contributed by atoms with van der Waals surface area (Å²) in [6.45, 7) is 8.19. The minimum absolute atomic E-state index is 0.107. The van der Waals surface area contributed by atoms with Crippen LogP contribution in [0.5, 0.6) is 0 Å². The lowest BCUT2D eigenvalue weighted by molar-refractivity contribution is -0.123. The van der Waals surface area contributed by atoms with Crippen molar-refractivity contribution < 1.29 is 21.6 Å². The molecule has 150 valence electrons. The van der Waals surface area contributed by atoms with Gasteiger partial charge in [-0.15, -0.1) is 0 Å². The Morgan fingerprint density at radius 1 is 1.04 bits per heavy atom. The van der Waals surface area contributed by atoms with Gasteiger partial charge in [-0.3, -0.25) is 4.79 Å². The normalized spacial score (nSPS) is 28.4. The van der Waals surface area contributed by atoms with Crippen molar-refractivity contribution in [3.05, 3.63) is 24.3 Å². The highest BCUT2D eigenvalue weighted by molar-refractivity contribution is 7.94. The van der Waals surface area contributed by atoms with Gasteiger partial charge >= 0.3 is 0 Å². The fourth-order valence-electron chi connectivity index (χ4n) is 3.97. The van der Waals surface area contributed by atoms with Crippen LogP contribution in [0.3, 0.4) is 0 Å². The van der Waals surface area contributed by atoms with Crippen molar-refractivity contribution in [3.63, 3.8) is 0 Å². The van der Waals surface area contributed by atoms with E-state index in [0.29, 0.717) is 13.1 Å². The fourth-order valence-corrected chi connectivity index (χ4v) is 7.75. The number of nitrogens with zero attached hydrogens (tertiary/aromatic N) is 2. The van der Waals surface area contributed by atoms with Crippen LogP contribution in [-0.4, -0.2) is 45.9 Å². The van der Waals surface area contributed by atoms with Crippen molar-refractivity contribution >= 4 is 31.6 Å². The van der Waals surface area contributed by atoms with Gasteiger partial charge in [-0.2, -0.15) is 4.31 Å². The van der Waals surface area contributed by atoms with Crippen LogP contribution in [0.4, 0.5) is 5.69 Å². The summed E-state index contributed by atoms with van der Waals surface area (Å²) in [5.74, 6) is -0.186. The fraction of sp³-hybridized carbons (Fsp3) is 0.611. The molecule has 9 heteroatoms. The lowest BCUT2D eigenvalue weighted by Crippen LogP contribution is -2.42. The summed E-state index contributed by atoms with van der Waals surface area (Å²) in [6, 6.07) is 5.53. The molecule has 0 N–H and O–H groups in total. The van der Waals surface area contributed by atoms with Gasteiger partial charge < -0.3 is 0 Å². The molecule has 27 heavy (non-hydrogen) atoms. The zero-order valence-corrected chi connectivity index (χ0v) is 17.7. The number of amides is 1. The van der Waals surface area contributed by atoms with Crippen molar-refractivity contribution in [2.24, 2.45) is 17.3 Å². The van der Waals surface area contributed by atoms with Gasteiger partial charge in [-0.1, -0.05) is 13.8 Å². The van der Waals surface area contributed by atoms with Crippen LogP contribution >= 0.6 is 0 Å². The maximum absolute atomic E-state index is 12.9. The van der Waals surface area contributed by atoms with Gasteiger partial charge in [0.15, 0.2) is 0 Å². The highest BCUT2D eigenvalue weighted by atomic mass is 32.2. The van der Waals surface area contributed by atoms with E-state index >= 15 is 0 Å². The van der Waals surface area contributed by atoms with Crippen molar-refractivity contribution in [2.75, 3.05) is 23.1 Å². The molecular weight excluding hydrogens is 388 g/mol. The summed E-state index contributed by atoms with van der Waals surface area (Å²) in [6.07, 6.45) is 0.996. The Kier molecular flexibility index (Phi) is 4.93. The number of hydrogen-bond donors (Lipinski definition) is 0. The number of benzene rings is 1. The van der Waals surface area contributed by atoms with Gasteiger partial charge in [0.2, 0.25) is 26.0 Å². The molecule has 0 aliphatic carbocycles. The second-order valence-corrected chi connectivity index (χ2v) is 12.2. The van der Waals surface area contributed by atoms with Crippen molar-refractivity contribution in [1.82, 2.24) is 4.31 Å². The molecule has 1 aromatic carbocycles. The largest absolute Gasteiger partial charge is 0.273 e. The summed E-state index contributed by atoms with van der Waals surface area (Å²) in [5, 5.41) is 0. The van der Waals surface area contributed by atoms with Crippen LogP contribution in [0, 0.1) is 17.3 Å². The first-order valence-electron chi connectivity index (χ1n) is 9.02. The Balaban J connectivity index is 1.91. The molecule has 0 spiro atoms. The summed E-state index contributed by atoms with van der Waals surface area (Å²) >= 11 is 0. The maximum Gasteiger partial charge on any atom is 0.247 e. The molecule has 2 saturated heterocycles. The Morgan fingerprint density at radius 3 is 2.00 bits per heavy atom. The number of carbonyl (C=O) groups excluding carboxylic acids is 1. The molecule has 2 aliphatic heterocycles. The Labute approximate surface area is 161 Å². The van der Waals surface area contributed by atoms with E-state index in [4.69, 9.17) is 0 Å². The Morgan fingerprint density at radius 2 is 1.56 bits per heavy atom. The lowest BCUT2D eigenvalue weighted by atomic mass is 9.94. The lowest BCUT2D eigenvalue weighted by Gasteiger charge is -2.34. The minimum Gasteiger partial charge on any atom is -0.273 e. The van der Waals surface area contributed by atoms with E-state index in [-0.39, 0.29) is 28.2 Å². The van der Waals surface area contributed by atoms with Gasteiger partial charge in [0.1, 0.15) is 0 Å². The van der Waals surface area contributed by atoms with Gasteiger partial charge in [0.25, 0.3) is 0 Å². The zero-order valence-electron chi connectivity index (χ0n) is 16.0. The first kappa shape index (κ1) is 20.3. The van der Waals surface area contributed by atoms with Crippen molar-refractivity contribution in [1.29, 1.82) is 0 Å². The molecule has 2 heterocycles. The third kappa shape index (κ3) is 3.64. The quantitative estimate of drug-likeness (QED) is 0.755. The summed E-state index contributed by atoms with van der Waals surface area (Å²) < 4.78 is 52.9. The van der Waals surface area contributed by atoms with Crippen LogP contribution in [0.25, 0.3) is 0 Å². The third-order valence-electron chi connectivity index (χ3n) is 5.13. The summed E-state index contributed by atoms with van der Waals surface area (Å²) in [4.78, 5) is 12.6. The molecule has 0 saturated carbocycles. The van der Waals surface area contributed by atoms with Crippen LogP contribution < -0.4 is 4.31 Å².